The molecule has 0 amide bonds. The summed E-state index contributed by atoms with van der Waals surface area (Å²) < 4.78 is 34.2. The lowest BCUT2D eigenvalue weighted by Gasteiger charge is -2.18. The predicted molar refractivity (Wildman–Crippen MR) is 111 cm³/mol. The quantitative estimate of drug-likeness (QED) is 0.434. The van der Waals surface area contributed by atoms with E-state index in [4.69, 9.17) is 16.3 Å². The Hall–Kier alpha value is -3.18. The highest BCUT2D eigenvalue weighted by Gasteiger charge is 2.19. The first-order valence-corrected chi connectivity index (χ1v) is 9.26. The van der Waals surface area contributed by atoms with Crippen molar-refractivity contribution >= 4 is 22.5 Å². The van der Waals surface area contributed by atoms with Gasteiger partial charge < -0.3 is 9.30 Å². The van der Waals surface area contributed by atoms with Crippen molar-refractivity contribution < 1.29 is 13.5 Å². The largest absolute Gasteiger partial charge is 0.491 e. The normalized spacial score (nSPS) is 11.0. The van der Waals surface area contributed by atoms with Crippen LogP contribution in [0.1, 0.15) is 5.56 Å². The number of methoxy groups -OCH3 is 1. The molecule has 3 nitrogen and oxygen atoms in total. The van der Waals surface area contributed by atoms with E-state index >= 15 is 0 Å². The summed E-state index contributed by atoms with van der Waals surface area (Å²) in [5, 5.41) is 1.20. The first-order valence-electron chi connectivity index (χ1n) is 8.88. The lowest BCUT2D eigenvalue weighted by molar-refractivity contribution is 0.407. The maximum atomic E-state index is 13.7. The molecule has 3 aromatic carbocycles. The van der Waals surface area contributed by atoms with Crippen LogP contribution in [-0.2, 0) is 6.54 Å². The van der Waals surface area contributed by atoms with Crippen molar-refractivity contribution in [3.63, 3.8) is 0 Å². The molecule has 4 rings (SSSR count). The van der Waals surface area contributed by atoms with Gasteiger partial charge in [-0.2, -0.15) is 0 Å². The van der Waals surface area contributed by atoms with Crippen LogP contribution in [0, 0.1) is 11.6 Å². The molecule has 0 aliphatic carbocycles. The molecule has 0 spiro atoms. The molecular formula is C23H16ClF2NO2. The molecule has 0 unspecified atom stereocenters. The molecule has 6 heteroatoms. The van der Waals surface area contributed by atoms with Gasteiger partial charge in [-0.25, -0.2) is 8.78 Å². The van der Waals surface area contributed by atoms with Crippen LogP contribution in [0.15, 0.2) is 71.5 Å². The third-order valence-corrected chi connectivity index (χ3v) is 4.95. The summed E-state index contributed by atoms with van der Waals surface area (Å²) >= 11 is 6.24. The highest BCUT2D eigenvalue weighted by Crippen LogP contribution is 2.36. The topological polar surface area (TPSA) is 31.2 Å². The van der Waals surface area contributed by atoms with Crippen LogP contribution in [0.4, 0.5) is 8.78 Å². The summed E-state index contributed by atoms with van der Waals surface area (Å²) in [5.41, 5.74) is 1.94. The number of benzene rings is 3. The Kier molecular flexibility index (Phi) is 5.07. The van der Waals surface area contributed by atoms with Crippen LogP contribution < -0.4 is 10.3 Å². The van der Waals surface area contributed by atoms with E-state index in [-0.39, 0.29) is 12.3 Å². The summed E-state index contributed by atoms with van der Waals surface area (Å²) in [6.45, 7) is -0.0168. The van der Waals surface area contributed by atoms with Gasteiger partial charge in [-0.05, 0) is 41.5 Å². The molecular weight excluding hydrogens is 396 g/mol. The number of fused-ring (bicyclic) bond motifs is 1. The minimum Gasteiger partial charge on any atom is -0.491 e. The van der Waals surface area contributed by atoms with Gasteiger partial charge in [0.05, 0.1) is 19.2 Å². The molecule has 0 N–H and O–H groups in total. The van der Waals surface area contributed by atoms with Gasteiger partial charge in [0.25, 0.3) is 5.56 Å². The van der Waals surface area contributed by atoms with Crippen molar-refractivity contribution in [1.29, 1.82) is 0 Å². The van der Waals surface area contributed by atoms with Gasteiger partial charge in [-0.15, -0.1) is 0 Å². The van der Waals surface area contributed by atoms with E-state index < -0.39 is 17.2 Å². The fourth-order valence-electron chi connectivity index (χ4n) is 3.53. The maximum absolute atomic E-state index is 13.7. The predicted octanol–water partition coefficient (Wildman–Crippen LogP) is 5.66. The van der Waals surface area contributed by atoms with Gasteiger partial charge in [-0.1, -0.05) is 41.9 Å². The number of rotatable bonds is 4. The van der Waals surface area contributed by atoms with Crippen LogP contribution in [0.5, 0.6) is 5.75 Å². The first-order chi connectivity index (χ1) is 14.0. The molecule has 0 bridgehead atoms. The summed E-state index contributed by atoms with van der Waals surface area (Å²) in [7, 11) is 1.42. The van der Waals surface area contributed by atoms with Crippen molar-refractivity contribution in [2.24, 2.45) is 0 Å². The fraction of sp³-hybridized carbons (Fsp3) is 0.0870. The molecule has 29 heavy (non-hydrogen) atoms. The number of ether oxygens (including phenoxy) is 1. The number of hydrogen-bond donors (Lipinski definition) is 0. The van der Waals surface area contributed by atoms with Crippen molar-refractivity contribution in [1.82, 2.24) is 4.57 Å². The van der Waals surface area contributed by atoms with Gasteiger partial charge in [0.2, 0.25) is 0 Å². The standard InChI is InChI=1S/C23H16ClF2NO2/c1-29-22-21(15-5-3-2-4-6-15)19-11-16(24)7-8-20(19)27(23(22)28)13-14-9-17(25)12-18(26)10-14/h2-12H,13H2,1H3. The number of hydrogen-bond acceptors (Lipinski definition) is 2. The van der Waals surface area contributed by atoms with Crippen molar-refractivity contribution in [2.75, 3.05) is 7.11 Å². The van der Waals surface area contributed by atoms with E-state index in [0.717, 1.165) is 11.6 Å². The Morgan fingerprint density at radius 2 is 1.66 bits per heavy atom. The maximum Gasteiger partial charge on any atom is 0.294 e. The van der Waals surface area contributed by atoms with E-state index in [1.807, 2.05) is 30.3 Å². The molecule has 1 aromatic heterocycles. The third-order valence-electron chi connectivity index (χ3n) is 4.71. The second kappa shape index (κ2) is 7.68. The lowest BCUT2D eigenvalue weighted by atomic mass is 9.99. The van der Waals surface area contributed by atoms with Gasteiger partial charge in [0.1, 0.15) is 11.6 Å². The molecule has 0 radical (unpaired) electrons. The van der Waals surface area contributed by atoms with Crippen LogP contribution in [0.25, 0.3) is 22.0 Å². The molecule has 0 fully saturated rings. The number of halogens is 3. The molecule has 1 heterocycles. The Morgan fingerprint density at radius 1 is 0.966 bits per heavy atom. The molecule has 0 saturated carbocycles. The molecule has 0 aliphatic heterocycles. The Morgan fingerprint density at radius 3 is 2.31 bits per heavy atom. The monoisotopic (exact) mass is 411 g/mol. The minimum atomic E-state index is -0.701. The van der Waals surface area contributed by atoms with Crippen LogP contribution in [0.2, 0.25) is 5.02 Å². The molecule has 0 aliphatic rings. The summed E-state index contributed by atoms with van der Waals surface area (Å²) in [6.07, 6.45) is 0. The number of pyridine rings is 1. The van der Waals surface area contributed by atoms with E-state index in [2.05, 4.69) is 0 Å². The second-order valence-corrected chi connectivity index (χ2v) is 7.04. The van der Waals surface area contributed by atoms with Crippen LogP contribution in [0.3, 0.4) is 0 Å². The smallest absolute Gasteiger partial charge is 0.294 e. The summed E-state index contributed by atoms with van der Waals surface area (Å²) in [4.78, 5) is 13.3. The van der Waals surface area contributed by atoms with Gasteiger partial charge in [-0.3, -0.25) is 4.79 Å². The molecule has 146 valence electrons. The van der Waals surface area contributed by atoms with E-state index in [0.29, 0.717) is 27.1 Å². The van der Waals surface area contributed by atoms with Gasteiger partial charge in [0.15, 0.2) is 5.75 Å². The average molecular weight is 412 g/mol. The van der Waals surface area contributed by atoms with E-state index in [1.165, 1.54) is 23.8 Å². The number of nitrogens with zero attached hydrogens (tertiary/aromatic N) is 1. The SMILES string of the molecule is COc1c(-c2ccccc2)c2cc(Cl)ccc2n(Cc2cc(F)cc(F)c2)c1=O. The summed E-state index contributed by atoms with van der Waals surface area (Å²) in [5.74, 6) is -1.26. The van der Waals surface area contributed by atoms with Crippen LogP contribution in [-0.4, -0.2) is 11.7 Å². The number of aromatic nitrogens is 1. The van der Waals surface area contributed by atoms with Crippen molar-refractivity contribution in [3.8, 4) is 16.9 Å². The minimum absolute atomic E-state index is 0.0168. The first kappa shape index (κ1) is 19.2. The Bertz CT molecular complexity index is 1250. The zero-order valence-electron chi connectivity index (χ0n) is 15.5. The van der Waals surface area contributed by atoms with E-state index in [1.54, 1.807) is 18.2 Å². The Labute approximate surface area is 170 Å². The van der Waals surface area contributed by atoms with Crippen molar-refractivity contribution in [3.05, 3.63) is 99.3 Å². The zero-order chi connectivity index (χ0) is 20.5. The molecule has 0 saturated heterocycles. The van der Waals surface area contributed by atoms with Gasteiger partial charge >= 0.3 is 0 Å². The molecule has 0 atom stereocenters. The second-order valence-electron chi connectivity index (χ2n) is 6.60. The fourth-order valence-corrected chi connectivity index (χ4v) is 3.70. The average Bonchev–Trinajstić information content (AvgIpc) is 2.69. The van der Waals surface area contributed by atoms with Crippen molar-refractivity contribution in [2.45, 2.75) is 6.54 Å². The Balaban J connectivity index is 2.04. The zero-order valence-corrected chi connectivity index (χ0v) is 16.2. The van der Waals surface area contributed by atoms with Crippen LogP contribution >= 0.6 is 11.6 Å². The highest BCUT2D eigenvalue weighted by molar-refractivity contribution is 6.31. The lowest BCUT2D eigenvalue weighted by Crippen LogP contribution is -2.23. The van der Waals surface area contributed by atoms with Gasteiger partial charge in [0, 0.05) is 22.0 Å². The molecule has 4 aromatic rings. The summed E-state index contributed by atoms with van der Waals surface area (Å²) in [6, 6.07) is 17.7. The third kappa shape index (κ3) is 3.61. The highest BCUT2D eigenvalue weighted by atomic mass is 35.5. The van der Waals surface area contributed by atoms with E-state index in [9.17, 15) is 13.6 Å².